The first-order chi connectivity index (χ1) is 14.3. The van der Waals surface area contributed by atoms with E-state index in [1.165, 1.54) is 23.5 Å². The van der Waals surface area contributed by atoms with Gasteiger partial charge in [-0.1, -0.05) is 0 Å². The van der Waals surface area contributed by atoms with Crippen LogP contribution in [0.3, 0.4) is 0 Å². The molecule has 0 aliphatic carbocycles. The average Bonchev–Trinajstić information content (AvgIpc) is 2.77. The van der Waals surface area contributed by atoms with Gasteiger partial charge in [-0.15, -0.1) is 0 Å². The molecule has 1 fully saturated rings. The fourth-order valence-electron chi connectivity index (χ4n) is 3.05. The maximum absolute atomic E-state index is 13.1. The molecule has 1 saturated heterocycles. The Labute approximate surface area is 176 Å². The lowest BCUT2D eigenvalue weighted by Crippen LogP contribution is -2.40. The van der Waals surface area contributed by atoms with Gasteiger partial charge in [0, 0.05) is 45.5 Å². The van der Waals surface area contributed by atoms with Crippen LogP contribution in [-0.4, -0.2) is 71.1 Å². The standard InChI is InChI=1S/C20H26N4O5S/c1-23(2)19-12-15(6-7-21-19)14-22-20(25)16-4-5-17(28-3)18(13-16)30(26,27)24-8-10-29-11-9-24/h4-7,12-13H,8-11,14H2,1-3H3,(H,22,25). The molecule has 0 bridgehead atoms. The van der Waals surface area contributed by atoms with Gasteiger partial charge in [-0.3, -0.25) is 4.79 Å². The van der Waals surface area contributed by atoms with E-state index in [9.17, 15) is 13.2 Å². The van der Waals surface area contributed by atoms with Crippen LogP contribution >= 0.6 is 0 Å². The van der Waals surface area contributed by atoms with E-state index in [1.807, 2.05) is 31.1 Å². The number of rotatable bonds is 7. The fraction of sp³-hybridized carbons (Fsp3) is 0.400. The molecule has 0 unspecified atom stereocenters. The molecule has 2 heterocycles. The third kappa shape index (κ3) is 4.89. The highest BCUT2D eigenvalue weighted by Crippen LogP contribution is 2.28. The summed E-state index contributed by atoms with van der Waals surface area (Å²) in [6.45, 7) is 1.49. The minimum atomic E-state index is -3.81. The Morgan fingerprint density at radius 1 is 1.23 bits per heavy atom. The fourth-order valence-corrected chi connectivity index (χ4v) is 4.63. The molecule has 1 amide bonds. The Kier molecular flexibility index (Phi) is 6.91. The number of nitrogens with one attached hydrogen (secondary N) is 1. The number of amides is 1. The van der Waals surface area contributed by atoms with E-state index in [0.29, 0.717) is 19.8 Å². The zero-order chi connectivity index (χ0) is 21.7. The van der Waals surface area contributed by atoms with Gasteiger partial charge in [0.05, 0.1) is 20.3 Å². The molecule has 0 spiro atoms. The molecule has 30 heavy (non-hydrogen) atoms. The van der Waals surface area contributed by atoms with Crippen LogP contribution in [0.2, 0.25) is 0 Å². The lowest BCUT2D eigenvalue weighted by Gasteiger charge is -2.26. The van der Waals surface area contributed by atoms with Gasteiger partial charge in [-0.05, 0) is 35.9 Å². The largest absolute Gasteiger partial charge is 0.495 e. The van der Waals surface area contributed by atoms with E-state index in [1.54, 1.807) is 12.3 Å². The predicted octanol–water partition coefficient (Wildman–Crippen LogP) is 1.11. The van der Waals surface area contributed by atoms with Crippen molar-refractivity contribution in [2.24, 2.45) is 0 Å². The van der Waals surface area contributed by atoms with Gasteiger partial charge in [0.1, 0.15) is 16.5 Å². The van der Waals surface area contributed by atoms with Gasteiger partial charge in [-0.25, -0.2) is 13.4 Å². The van der Waals surface area contributed by atoms with Crippen molar-refractivity contribution in [1.29, 1.82) is 0 Å². The van der Waals surface area contributed by atoms with Gasteiger partial charge >= 0.3 is 0 Å². The van der Waals surface area contributed by atoms with E-state index >= 15 is 0 Å². The van der Waals surface area contributed by atoms with Crippen molar-refractivity contribution in [2.75, 3.05) is 52.4 Å². The number of hydrogen-bond acceptors (Lipinski definition) is 7. The summed E-state index contributed by atoms with van der Waals surface area (Å²) in [7, 11) is 1.37. The highest BCUT2D eigenvalue weighted by molar-refractivity contribution is 7.89. The number of hydrogen-bond donors (Lipinski definition) is 1. The number of carbonyl (C=O) groups is 1. The second-order valence-corrected chi connectivity index (χ2v) is 8.89. The molecule has 2 aromatic rings. The summed E-state index contributed by atoms with van der Waals surface area (Å²) in [5, 5.41) is 2.82. The molecule has 0 saturated carbocycles. The maximum Gasteiger partial charge on any atom is 0.251 e. The minimum Gasteiger partial charge on any atom is -0.495 e. The second-order valence-electron chi connectivity index (χ2n) is 6.98. The third-order valence-electron chi connectivity index (χ3n) is 4.73. The number of nitrogens with zero attached hydrogens (tertiary/aromatic N) is 3. The van der Waals surface area contributed by atoms with E-state index in [2.05, 4.69) is 10.3 Å². The molecule has 1 aliphatic rings. The molecule has 10 heteroatoms. The monoisotopic (exact) mass is 434 g/mol. The number of anilines is 1. The number of ether oxygens (including phenoxy) is 2. The highest BCUT2D eigenvalue weighted by atomic mass is 32.2. The average molecular weight is 435 g/mol. The number of benzene rings is 1. The zero-order valence-corrected chi connectivity index (χ0v) is 18.1. The van der Waals surface area contributed by atoms with Crippen molar-refractivity contribution in [3.8, 4) is 5.75 Å². The number of morpholine rings is 1. The van der Waals surface area contributed by atoms with Crippen molar-refractivity contribution in [3.05, 3.63) is 47.7 Å². The first-order valence-corrected chi connectivity index (χ1v) is 10.9. The molecule has 0 radical (unpaired) electrons. The quantitative estimate of drug-likeness (QED) is 0.697. The Morgan fingerprint density at radius 3 is 2.63 bits per heavy atom. The van der Waals surface area contributed by atoms with E-state index in [0.717, 1.165) is 11.4 Å². The van der Waals surface area contributed by atoms with Crippen LogP contribution in [0.25, 0.3) is 0 Å². The lowest BCUT2D eigenvalue weighted by molar-refractivity contribution is 0.0729. The topological polar surface area (TPSA) is 101 Å². The van der Waals surface area contributed by atoms with Crippen LogP contribution in [0.4, 0.5) is 5.82 Å². The van der Waals surface area contributed by atoms with Crippen molar-refractivity contribution in [1.82, 2.24) is 14.6 Å². The molecule has 1 aliphatic heterocycles. The van der Waals surface area contributed by atoms with Crippen molar-refractivity contribution in [2.45, 2.75) is 11.4 Å². The van der Waals surface area contributed by atoms with Crippen LogP contribution in [0.1, 0.15) is 15.9 Å². The van der Waals surface area contributed by atoms with E-state index in [4.69, 9.17) is 9.47 Å². The predicted molar refractivity (Wildman–Crippen MR) is 112 cm³/mol. The highest BCUT2D eigenvalue weighted by Gasteiger charge is 2.30. The summed E-state index contributed by atoms with van der Waals surface area (Å²) >= 11 is 0. The number of aromatic nitrogens is 1. The van der Waals surface area contributed by atoms with Crippen LogP contribution in [0.5, 0.6) is 5.75 Å². The van der Waals surface area contributed by atoms with Crippen molar-refractivity contribution >= 4 is 21.7 Å². The molecule has 1 aromatic carbocycles. The summed E-state index contributed by atoms with van der Waals surface area (Å²) < 4.78 is 38.0. The third-order valence-corrected chi connectivity index (χ3v) is 6.65. The van der Waals surface area contributed by atoms with Crippen LogP contribution in [-0.2, 0) is 21.3 Å². The molecule has 9 nitrogen and oxygen atoms in total. The molecular weight excluding hydrogens is 408 g/mol. The van der Waals surface area contributed by atoms with Gasteiger partial charge in [0.25, 0.3) is 5.91 Å². The van der Waals surface area contributed by atoms with Gasteiger partial charge in [0.15, 0.2) is 0 Å². The first kappa shape index (κ1) is 22.0. The van der Waals surface area contributed by atoms with Crippen molar-refractivity contribution in [3.63, 3.8) is 0 Å². The Hall–Kier alpha value is -2.69. The summed E-state index contributed by atoms with van der Waals surface area (Å²) in [6.07, 6.45) is 1.68. The Balaban J connectivity index is 1.80. The summed E-state index contributed by atoms with van der Waals surface area (Å²) in [5.74, 6) is 0.604. The van der Waals surface area contributed by atoms with Gasteiger partial charge in [0.2, 0.25) is 10.0 Å². The molecule has 3 rings (SSSR count). The molecular formula is C20H26N4O5S. The van der Waals surface area contributed by atoms with Crippen LogP contribution < -0.4 is 15.0 Å². The van der Waals surface area contributed by atoms with Crippen LogP contribution in [0.15, 0.2) is 41.4 Å². The van der Waals surface area contributed by atoms with E-state index in [-0.39, 0.29) is 35.2 Å². The number of pyridine rings is 1. The van der Waals surface area contributed by atoms with Gasteiger partial charge in [-0.2, -0.15) is 4.31 Å². The molecule has 162 valence electrons. The Morgan fingerprint density at radius 2 is 1.97 bits per heavy atom. The maximum atomic E-state index is 13.1. The first-order valence-electron chi connectivity index (χ1n) is 9.49. The second kappa shape index (κ2) is 9.41. The lowest BCUT2D eigenvalue weighted by atomic mass is 10.2. The van der Waals surface area contributed by atoms with Crippen molar-refractivity contribution < 1.29 is 22.7 Å². The SMILES string of the molecule is COc1ccc(C(=O)NCc2ccnc(N(C)C)c2)cc1S(=O)(=O)N1CCOCC1. The van der Waals surface area contributed by atoms with Crippen LogP contribution in [0, 0.1) is 0 Å². The summed E-state index contributed by atoms with van der Waals surface area (Å²) in [4.78, 5) is 18.8. The summed E-state index contributed by atoms with van der Waals surface area (Å²) in [5.41, 5.74) is 1.13. The number of carbonyl (C=O) groups excluding carboxylic acids is 1. The zero-order valence-electron chi connectivity index (χ0n) is 17.3. The normalized spacial score (nSPS) is 14.9. The molecule has 0 atom stereocenters. The number of methoxy groups -OCH3 is 1. The summed E-state index contributed by atoms with van der Waals surface area (Å²) in [6, 6.07) is 8.10. The van der Waals surface area contributed by atoms with Gasteiger partial charge < -0.3 is 19.7 Å². The molecule has 1 N–H and O–H groups in total. The molecule has 1 aromatic heterocycles. The smallest absolute Gasteiger partial charge is 0.251 e. The van der Waals surface area contributed by atoms with E-state index < -0.39 is 10.0 Å². The minimum absolute atomic E-state index is 0.0293. The Bertz CT molecular complexity index is 1000. The number of sulfonamides is 1.